The Morgan fingerprint density at radius 3 is 2.85 bits per heavy atom. The Labute approximate surface area is 158 Å². The van der Waals surface area contributed by atoms with Crippen LogP contribution in [0.4, 0.5) is 5.69 Å². The number of rotatable bonds is 5. The predicted molar refractivity (Wildman–Crippen MR) is 106 cm³/mol. The maximum absolute atomic E-state index is 6.32. The predicted octanol–water partition coefficient (Wildman–Crippen LogP) is 4.37. The zero-order valence-corrected chi connectivity index (χ0v) is 16.3. The van der Waals surface area contributed by atoms with Crippen molar-refractivity contribution in [3.63, 3.8) is 0 Å². The van der Waals surface area contributed by atoms with Gasteiger partial charge in [-0.25, -0.2) is 0 Å². The van der Waals surface area contributed by atoms with Crippen LogP contribution in [-0.2, 0) is 4.74 Å². The minimum Gasteiger partial charge on any atom is -0.494 e. The summed E-state index contributed by atoms with van der Waals surface area (Å²) in [5, 5.41) is 7.41. The van der Waals surface area contributed by atoms with Crippen LogP contribution < -0.4 is 15.4 Å². The largest absolute Gasteiger partial charge is 0.494 e. The van der Waals surface area contributed by atoms with E-state index in [-0.39, 0.29) is 6.10 Å². The van der Waals surface area contributed by atoms with Gasteiger partial charge in [-0.2, -0.15) is 0 Å². The van der Waals surface area contributed by atoms with Crippen molar-refractivity contribution in [1.29, 1.82) is 0 Å². The van der Waals surface area contributed by atoms with Gasteiger partial charge in [-0.3, -0.25) is 0 Å². The molecule has 1 aromatic rings. The normalized spacial score (nSPS) is 29.0. The van der Waals surface area contributed by atoms with Crippen molar-refractivity contribution in [2.75, 3.05) is 31.6 Å². The molecule has 0 radical (unpaired) electrons. The van der Waals surface area contributed by atoms with Gasteiger partial charge in [0.2, 0.25) is 0 Å². The molecule has 0 aromatic heterocycles. The Bertz CT molecular complexity index is 598. The maximum Gasteiger partial charge on any atom is 0.119 e. The summed E-state index contributed by atoms with van der Waals surface area (Å²) < 4.78 is 12.3. The molecule has 3 heterocycles. The molecule has 2 saturated heterocycles. The van der Waals surface area contributed by atoms with E-state index in [4.69, 9.17) is 9.47 Å². The maximum atomic E-state index is 6.32. The minimum absolute atomic E-state index is 0.230. The van der Waals surface area contributed by atoms with Crippen LogP contribution in [0.15, 0.2) is 18.2 Å². The van der Waals surface area contributed by atoms with Crippen molar-refractivity contribution in [3.05, 3.63) is 23.8 Å². The molecule has 2 N–H and O–H groups in total. The van der Waals surface area contributed by atoms with Crippen molar-refractivity contribution in [1.82, 2.24) is 5.32 Å². The SMILES string of the molecule is CC(C)CCOc1ccc2c(c1)[C@H]1OCCC[C@H]1C(C1CCNCC1)N2. The molecule has 26 heavy (non-hydrogen) atoms. The van der Waals surface area contributed by atoms with Crippen molar-refractivity contribution in [3.8, 4) is 5.75 Å². The second-order valence-corrected chi connectivity index (χ2v) is 8.64. The van der Waals surface area contributed by atoms with Crippen LogP contribution in [0.2, 0.25) is 0 Å². The number of hydrogen-bond donors (Lipinski definition) is 2. The lowest BCUT2D eigenvalue weighted by Crippen LogP contribution is -2.48. The highest BCUT2D eigenvalue weighted by molar-refractivity contribution is 5.58. The molecule has 1 unspecified atom stereocenters. The average molecular weight is 359 g/mol. The number of hydrogen-bond acceptors (Lipinski definition) is 4. The summed E-state index contributed by atoms with van der Waals surface area (Å²) in [7, 11) is 0. The lowest BCUT2D eigenvalue weighted by molar-refractivity contribution is -0.0455. The van der Waals surface area contributed by atoms with Crippen LogP contribution in [0.1, 0.15) is 57.6 Å². The Kier molecular flexibility index (Phi) is 5.70. The summed E-state index contributed by atoms with van der Waals surface area (Å²) in [6, 6.07) is 7.10. The first-order valence-electron chi connectivity index (χ1n) is 10.6. The third kappa shape index (κ3) is 3.86. The second kappa shape index (κ2) is 8.18. The highest BCUT2D eigenvalue weighted by Gasteiger charge is 2.42. The van der Waals surface area contributed by atoms with Crippen molar-refractivity contribution >= 4 is 5.69 Å². The van der Waals surface area contributed by atoms with Gasteiger partial charge in [-0.05, 0) is 75.2 Å². The van der Waals surface area contributed by atoms with Gasteiger partial charge in [0.05, 0.1) is 12.7 Å². The van der Waals surface area contributed by atoms with Crippen LogP contribution in [0, 0.1) is 17.8 Å². The fourth-order valence-electron chi connectivity index (χ4n) is 4.86. The van der Waals surface area contributed by atoms with Gasteiger partial charge in [0, 0.05) is 29.8 Å². The first kappa shape index (κ1) is 18.1. The molecule has 1 aromatic carbocycles. The first-order chi connectivity index (χ1) is 12.7. The van der Waals surface area contributed by atoms with E-state index in [0.717, 1.165) is 44.4 Å². The molecule has 144 valence electrons. The number of piperidine rings is 1. The Morgan fingerprint density at radius 2 is 2.04 bits per heavy atom. The highest BCUT2D eigenvalue weighted by Crippen LogP contribution is 2.47. The molecule has 3 atom stereocenters. The van der Waals surface area contributed by atoms with Crippen molar-refractivity contribution in [2.24, 2.45) is 17.8 Å². The quantitative estimate of drug-likeness (QED) is 0.820. The second-order valence-electron chi connectivity index (χ2n) is 8.64. The summed E-state index contributed by atoms with van der Waals surface area (Å²) in [6.07, 6.45) is 6.32. The molecule has 4 nitrogen and oxygen atoms in total. The monoisotopic (exact) mass is 358 g/mol. The molecule has 0 amide bonds. The molecule has 0 spiro atoms. The van der Waals surface area contributed by atoms with Gasteiger partial charge in [-0.15, -0.1) is 0 Å². The lowest BCUT2D eigenvalue weighted by Gasteiger charge is -2.47. The molecule has 4 heteroatoms. The van der Waals surface area contributed by atoms with Gasteiger partial charge >= 0.3 is 0 Å². The number of ether oxygens (including phenoxy) is 2. The highest BCUT2D eigenvalue weighted by atomic mass is 16.5. The molecular formula is C22H34N2O2. The standard InChI is InChI=1S/C22H34N2O2/c1-15(2)9-13-25-17-5-6-20-19(14-17)22-18(4-3-12-26-22)21(24-20)16-7-10-23-11-8-16/h5-6,14-16,18,21-24H,3-4,7-13H2,1-2H3/t18-,21?,22-/m0/s1. The van der Waals surface area contributed by atoms with E-state index in [1.54, 1.807) is 0 Å². The van der Waals surface area contributed by atoms with E-state index in [1.807, 2.05) is 0 Å². The molecule has 2 fully saturated rings. The van der Waals surface area contributed by atoms with Crippen LogP contribution in [0.3, 0.4) is 0 Å². The van der Waals surface area contributed by atoms with Crippen LogP contribution in [-0.4, -0.2) is 32.3 Å². The van der Waals surface area contributed by atoms with Crippen LogP contribution >= 0.6 is 0 Å². The average Bonchev–Trinajstić information content (AvgIpc) is 2.68. The fraction of sp³-hybridized carbons (Fsp3) is 0.727. The summed E-state index contributed by atoms with van der Waals surface area (Å²) in [5.41, 5.74) is 2.56. The summed E-state index contributed by atoms with van der Waals surface area (Å²) in [5.74, 6) is 3.00. The lowest BCUT2D eigenvalue weighted by atomic mass is 9.73. The van der Waals surface area contributed by atoms with Crippen LogP contribution in [0.25, 0.3) is 0 Å². The van der Waals surface area contributed by atoms with E-state index in [1.165, 1.54) is 36.9 Å². The zero-order chi connectivity index (χ0) is 17.9. The van der Waals surface area contributed by atoms with Gasteiger partial charge in [0.15, 0.2) is 0 Å². The van der Waals surface area contributed by atoms with Crippen LogP contribution in [0.5, 0.6) is 5.75 Å². The van der Waals surface area contributed by atoms with Gasteiger partial charge in [0.1, 0.15) is 5.75 Å². The first-order valence-corrected chi connectivity index (χ1v) is 10.6. The third-order valence-corrected chi connectivity index (χ3v) is 6.34. The summed E-state index contributed by atoms with van der Waals surface area (Å²) >= 11 is 0. The molecule has 0 bridgehead atoms. The Morgan fingerprint density at radius 1 is 1.19 bits per heavy atom. The molecule has 3 aliphatic heterocycles. The topological polar surface area (TPSA) is 42.5 Å². The van der Waals surface area contributed by atoms with Gasteiger partial charge in [-0.1, -0.05) is 13.8 Å². The summed E-state index contributed by atoms with van der Waals surface area (Å²) in [4.78, 5) is 0. The molecule has 0 saturated carbocycles. The Hall–Kier alpha value is -1.26. The van der Waals surface area contributed by atoms with E-state index in [0.29, 0.717) is 17.9 Å². The molecule has 3 aliphatic rings. The van der Waals surface area contributed by atoms with Crippen molar-refractivity contribution in [2.45, 2.75) is 58.1 Å². The van der Waals surface area contributed by atoms with E-state index in [9.17, 15) is 0 Å². The molecular weight excluding hydrogens is 324 g/mol. The zero-order valence-electron chi connectivity index (χ0n) is 16.3. The Balaban J connectivity index is 1.54. The van der Waals surface area contributed by atoms with E-state index >= 15 is 0 Å². The fourth-order valence-corrected chi connectivity index (χ4v) is 4.86. The van der Waals surface area contributed by atoms with Crippen molar-refractivity contribution < 1.29 is 9.47 Å². The van der Waals surface area contributed by atoms with Gasteiger partial charge < -0.3 is 20.1 Å². The number of fused-ring (bicyclic) bond motifs is 3. The minimum atomic E-state index is 0.230. The molecule has 0 aliphatic carbocycles. The van der Waals surface area contributed by atoms with E-state index in [2.05, 4.69) is 42.7 Å². The third-order valence-electron chi connectivity index (χ3n) is 6.34. The molecule has 4 rings (SSSR count). The summed E-state index contributed by atoms with van der Waals surface area (Å²) in [6.45, 7) is 8.45. The van der Waals surface area contributed by atoms with Gasteiger partial charge in [0.25, 0.3) is 0 Å². The number of nitrogens with one attached hydrogen (secondary N) is 2. The smallest absolute Gasteiger partial charge is 0.119 e. The number of anilines is 1. The van der Waals surface area contributed by atoms with E-state index < -0.39 is 0 Å². The number of benzene rings is 1.